The van der Waals surface area contributed by atoms with Crippen LogP contribution < -0.4 is 15.6 Å². The Morgan fingerprint density at radius 1 is 1.22 bits per heavy atom. The number of anilines is 1. The molecule has 0 aliphatic carbocycles. The van der Waals surface area contributed by atoms with Gasteiger partial charge in [0.25, 0.3) is 16.8 Å². The summed E-state index contributed by atoms with van der Waals surface area (Å²) in [7, 11) is 0. The van der Waals surface area contributed by atoms with Crippen molar-refractivity contribution in [3.8, 4) is 10.6 Å². The predicted molar refractivity (Wildman–Crippen MR) is 138 cm³/mol. The number of carbonyl (C=O) groups excluding carboxylic acids is 2. The largest absolute Gasteiger partial charge is 0.465 e. The first kappa shape index (κ1) is 28.2. The van der Waals surface area contributed by atoms with E-state index in [9.17, 15) is 27.9 Å². The van der Waals surface area contributed by atoms with E-state index in [0.717, 1.165) is 25.1 Å². The summed E-state index contributed by atoms with van der Waals surface area (Å²) in [6.45, 7) is 1.87. The van der Waals surface area contributed by atoms with Crippen LogP contribution in [-0.4, -0.2) is 71.5 Å². The van der Waals surface area contributed by atoms with Crippen molar-refractivity contribution in [2.45, 2.75) is 20.4 Å². The van der Waals surface area contributed by atoms with Gasteiger partial charge in [0, 0.05) is 28.9 Å². The number of aromatic nitrogens is 4. The second kappa shape index (κ2) is 12.7. The second-order valence-electron chi connectivity index (χ2n) is 7.55. The first-order valence-corrected chi connectivity index (χ1v) is 13.1. The fourth-order valence-electron chi connectivity index (χ4n) is 3.11. The summed E-state index contributed by atoms with van der Waals surface area (Å²) in [6.07, 6.45) is 1.23. The molecule has 2 N–H and O–H groups in total. The van der Waals surface area contributed by atoms with Crippen molar-refractivity contribution in [3.63, 3.8) is 0 Å². The van der Waals surface area contributed by atoms with Crippen LogP contribution in [0, 0.1) is 6.92 Å². The van der Waals surface area contributed by atoms with Crippen LogP contribution >= 0.6 is 22.9 Å². The lowest BCUT2D eigenvalue weighted by atomic mass is 10.2. The molecule has 1 atom stereocenters. The van der Waals surface area contributed by atoms with Crippen LogP contribution in [0.3, 0.4) is 0 Å². The molecule has 3 aromatic rings. The number of amides is 1. The Morgan fingerprint density at radius 3 is 2.57 bits per heavy atom. The average Bonchev–Trinajstić information content (AvgIpc) is 3.32. The summed E-state index contributed by atoms with van der Waals surface area (Å²) in [5.74, 6) is -1.34. The Morgan fingerprint density at radius 2 is 1.92 bits per heavy atom. The summed E-state index contributed by atoms with van der Waals surface area (Å²) in [5, 5.41) is 9.17. The van der Waals surface area contributed by atoms with Crippen LogP contribution in [0.5, 0.6) is 0 Å². The number of aryl methyl sites for hydroxylation is 1. The highest BCUT2D eigenvalue weighted by molar-refractivity contribution is 7.81. The van der Waals surface area contributed by atoms with Crippen LogP contribution in [-0.2, 0) is 32.1 Å². The Hall–Kier alpha value is -3.40. The molecule has 13 nitrogen and oxygen atoms in total. The topological polar surface area (TPSA) is 168 Å². The summed E-state index contributed by atoms with van der Waals surface area (Å²) < 4.78 is 28.9. The molecule has 0 spiro atoms. The van der Waals surface area contributed by atoms with Gasteiger partial charge >= 0.3 is 11.7 Å². The highest BCUT2D eigenvalue weighted by atomic mass is 35.5. The number of esters is 1. The number of nitrogens with one attached hydrogen (secondary N) is 1. The number of aromatic amines is 1. The third kappa shape index (κ3) is 7.55. The maximum atomic E-state index is 13.0. The van der Waals surface area contributed by atoms with Crippen molar-refractivity contribution in [2.75, 3.05) is 30.5 Å². The molecule has 0 aliphatic rings. The maximum absolute atomic E-state index is 13.0. The molecule has 0 saturated heterocycles. The van der Waals surface area contributed by atoms with Gasteiger partial charge in [-0.25, -0.2) is 13.3 Å². The third-order valence-corrected chi connectivity index (χ3v) is 7.05. The second-order valence-corrected chi connectivity index (χ2v) is 9.84. The van der Waals surface area contributed by atoms with Gasteiger partial charge in [-0.05, 0) is 26.0 Å². The van der Waals surface area contributed by atoms with E-state index in [2.05, 4.69) is 15.2 Å². The molecular weight excluding hydrogens is 548 g/mol. The zero-order valence-corrected chi connectivity index (χ0v) is 22.1. The molecule has 0 fully saturated rings. The number of benzene rings is 1. The van der Waals surface area contributed by atoms with Gasteiger partial charge in [-0.15, -0.1) is 10.2 Å². The fraction of sp³-hybridized carbons (Fsp3) is 0.333. The van der Waals surface area contributed by atoms with Crippen molar-refractivity contribution < 1.29 is 23.1 Å². The minimum atomic E-state index is -2.52. The molecule has 1 aromatic carbocycles. The lowest BCUT2D eigenvalue weighted by Gasteiger charge is -2.25. The molecule has 3 rings (SSSR count). The summed E-state index contributed by atoms with van der Waals surface area (Å²) in [5.41, 5.74) is -0.439. The first-order valence-electron chi connectivity index (χ1n) is 10.8. The Balaban J connectivity index is 1.79. The molecular formula is C21H23ClN6O7S2. The molecule has 1 unspecified atom stereocenters. The van der Waals surface area contributed by atoms with E-state index >= 15 is 0 Å². The van der Waals surface area contributed by atoms with Crippen molar-refractivity contribution in [3.05, 3.63) is 61.9 Å². The van der Waals surface area contributed by atoms with Crippen molar-refractivity contribution in [2.24, 2.45) is 0 Å². The average molecular weight is 571 g/mol. The predicted octanol–water partition coefficient (Wildman–Crippen LogP) is 1.05. The zero-order chi connectivity index (χ0) is 27.1. The number of rotatable bonds is 11. The summed E-state index contributed by atoms with van der Waals surface area (Å²) >= 11 is 4.44. The summed E-state index contributed by atoms with van der Waals surface area (Å²) in [4.78, 5) is 52.0. The number of halogens is 1. The number of nitrogens with zero attached hydrogens (tertiary/aromatic N) is 5. The van der Waals surface area contributed by atoms with Crippen LogP contribution in [0.2, 0.25) is 5.02 Å². The van der Waals surface area contributed by atoms with Crippen LogP contribution in [0.4, 0.5) is 5.13 Å². The Bertz CT molecular complexity index is 1410. The lowest BCUT2D eigenvalue weighted by Crippen LogP contribution is -2.45. The fourth-order valence-corrected chi connectivity index (χ4v) is 4.73. The SMILES string of the molecule is CCOC(=O)CN(CCN(c1nnc(-c2ccc(Cl)cc2)s1)S(=O)O)C(=O)Cn1cc(C)c(=O)[nH]c1=O. The lowest BCUT2D eigenvalue weighted by molar-refractivity contribution is -0.149. The van der Waals surface area contributed by atoms with E-state index in [0.29, 0.717) is 15.6 Å². The van der Waals surface area contributed by atoms with Gasteiger partial charge in [0.15, 0.2) is 0 Å². The van der Waals surface area contributed by atoms with Crippen molar-refractivity contribution >= 4 is 51.2 Å². The minimum absolute atomic E-state index is 0.0878. The minimum Gasteiger partial charge on any atom is -0.465 e. The monoisotopic (exact) mass is 570 g/mol. The molecule has 0 bridgehead atoms. The smallest absolute Gasteiger partial charge is 0.328 e. The van der Waals surface area contributed by atoms with Gasteiger partial charge in [-0.1, -0.05) is 35.1 Å². The van der Waals surface area contributed by atoms with Crippen molar-refractivity contribution in [1.29, 1.82) is 0 Å². The third-order valence-electron chi connectivity index (χ3n) is 4.95. The van der Waals surface area contributed by atoms with Gasteiger partial charge < -0.3 is 9.64 Å². The van der Waals surface area contributed by atoms with E-state index in [1.54, 1.807) is 31.2 Å². The number of carbonyl (C=O) groups is 2. The van der Waals surface area contributed by atoms with Crippen molar-refractivity contribution in [1.82, 2.24) is 24.6 Å². The number of hydrogen-bond donors (Lipinski definition) is 2. The maximum Gasteiger partial charge on any atom is 0.328 e. The van der Waals surface area contributed by atoms with Crippen LogP contribution in [0.15, 0.2) is 40.1 Å². The van der Waals surface area contributed by atoms with E-state index in [1.165, 1.54) is 13.1 Å². The normalized spacial score (nSPS) is 11.7. The standard InChI is InChI=1S/C21H23ClN6O7S2/c1-3-35-17(30)12-26(16(29)11-27-10-13(2)18(31)23-20(27)32)8-9-28(37(33)34)21-25-24-19(36-21)14-4-6-15(22)7-5-14/h4-7,10H,3,8-9,11-12H2,1-2H3,(H,33,34)(H,23,31,32). The molecule has 37 heavy (non-hydrogen) atoms. The first-order chi connectivity index (χ1) is 17.6. The molecule has 198 valence electrons. The van der Waals surface area contributed by atoms with Gasteiger partial charge in [0.1, 0.15) is 18.1 Å². The van der Waals surface area contributed by atoms with Gasteiger partial charge in [0.2, 0.25) is 11.0 Å². The van der Waals surface area contributed by atoms with Gasteiger partial charge in [0.05, 0.1) is 13.2 Å². The quantitative estimate of drug-likeness (QED) is 0.253. The van der Waals surface area contributed by atoms with Crippen LogP contribution in [0.1, 0.15) is 12.5 Å². The zero-order valence-electron chi connectivity index (χ0n) is 19.7. The molecule has 2 aromatic heterocycles. The molecule has 0 radical (unpaired) electrons. The Labute approximate surface area is 222 Å². The number of H-pyrrole nitrogens is 1. The van der Waals surface area contributed by atoms with Gasteiger partial charge in [-0.2, -0.15) is 0 Å². The van der Waals surface area contributed by atoms with E-state index < -0.39 is 47.5 Å². The highest BCUT2D eigenvalue weighted by Crippen LogP contribution is 2.29. The molecule has 0 saturated carbocycles. The van der Waals surface area contributed by atoms with E-state index in [4.69, 9.17) is 16.3 Å². The molecule has 2 heterocycles. The van der Waals surface area contributed by atoms with E-state index in [1.807, 2.05) is 0 Å². The number of hydrogen-bond acceptors (Lipinski definition) is 9. The van der Waals surface area contributed by atoms with Crippen LogP contribution in [0.25, 0.3) is 10.6 Å². The molecule has 16 heteroatoms. The van der Waals surface area contributed by atoms with Gasteiger partial charge in [-0.3, -0.25) is 28.5 Å². The number of ether oxygens (including phenoxy) is 1. The Kier molecular flexibility index (Phi) is 9.68. The molecule has 0 aliphatic heterocycles. The molecule has 1 amide bonds. The highest BCUT2D eigenvalue weighted by Gasteiger charge is 2.24. The van der Waals surface area contributed by atoms with E-state index in [-0.39, 0.29) is 30.4 Å². The summed E-state index contributed by atoms with van der Waals surface area (Å²) in [6, 6.07) is 6.81.